The Bertz CT molecular complexity index is 431. The minimum Gasteiger partial charge on any atom is -0.468 e. The Balaban J connectivity index is 3.83. The van der Waals surface area contributed by atoms with Crippen molar-refractivity contribution >= 4 is 11.8 Å². The molecule has 2 atom stereocenters. The van der Waals surface area contributed by atoms with Gasteiger partial charge in [-0.05, 0) is 38.5 Å². The van der Waals surface area contributed by atoms with Crippen molar-refractivity contribution in [3.8, 4) is 0 Å². The quantitative estimate of drug-likeness (QED) is 0.107. The minimum atomic E-state index is -0.574. The fourth-order valence-electron chi connectivity index (χ4n) is 3.54. The summed E-state index contributed by atoms with van der Waals surface area (Å²) in [7, 11) is 1.36. The highest BCUT2D eigenvalue weighted by molar-refractivity contribution is 5.98. The van der Waals surface area contributed by atoms with Crippen LogP contribution in [0.25, 0.3) is 0 Å². The van der Waals surface area contributed by atoms with Crippen LogP contribution in [0.2, 0.25) is 0 Å². The Kier molecular flexibility index (Phi) is 19.3. The zero-order valence-electron chi connectivity index (χ0n) is 19.3. The van der Waals surface area contributed by atoms with Crippen LogP contribution in [0, 0.1) is 5.92 Å². The van der Waals surface area contributed by atoms with E-state index in [-0.39, 0.29) is 17.9 Å². The zero-order valence-corrected chi connectivity index (χ0v) is 19.3. The molecule has 170 valence electrons. The van der Waals surface area contributed by atoms with E-state index < -0.39 is 5.92 Å². The number of methoxy groups -OCH3 is 1. The second-order valence-electron chi connectivity index (χ2n) is 8.20. The number of Topliss-reactive ketones (excluding diaryl/α,β-unsaturated/α-hetero) is 1. The molecule has 1 unspecified atom stereocenters. The number of unbranched alkanes of at least 4 members (excludes halogenated alkanes) is 9. The van der Waals surface area contributed by atoms with Crippen molar-refractivity contribution in [2.24, 2.45) is 5.92 Å². The highest BCUT2D eigenvalue weighted by Crippen LogP contribution is 2.17. The summed E-state index contributed by atoms with van der Waals surface area (Å²) in [5.41, 5.74) is 0. The molecule has 4 heteroatoms. The van der Waals surface area contributed by atoms with Crippen molar-refractivity contribution in [3.05, 3.63) is 12.2 Å². The SMILES string of the molecule is CCCCCC[C@@H](O)C/C=C\CCCCCCC(C(=O)CCCCC)C(=O)OC. The Morgan fingerprint density at radius 3 is 2.14 bits per heavy atom. The van der Waals surface area contributed by atoms with Gasteiger partial charge in [0.25, 0.3) is 0 Å². The lowest BCUT2D eigenvalue weighted by molar-refractivity contribution is -0.149. The first-order valence-corrected chi connectivity index (χ1v) is 12.0. The molecule has 0 aromatic carbocycles. The van der Waals surface area contributed by atoms with E-state index in [4.69, 9.17) is 4.74 Å². The largest absolute Gasteiger partial charge is 0.468 e. The van der Waals surface area contributed by atoms with Gasteiger partial charge < -0.3 is 9.84 Å². The Morgan fingerprint density at radius 2 is 1.45 bits per heavy atom. The zero-order chi connectivity index (χ0) is 21.7. The number of ketones is 1. The molecule has 0 amide bonds. The van der Waals surface area contributed by atoms with E-state index in [0.717, 1.165) is 70.6 Å². The third-order valence-corrected chi connectivity index (χ3v) is 5.48. The number of rotatable bonds is 20. The maximum atomic E-state index is 12.3. The summed E-state index contributed by atoms with van der Waals surface area (Å²) in [6.07, 6.45) is 19.8. The highest BCUT2D eigenvalue weighted by atomic mass is 16.5. The first kappa shape index (κ1) is 27.8. The van der Waals surface area contributed by atoms with Gasteiger partial charge in [0.15, 0.2) is 0 Å². The van der Waals surface area contributed by atoms with Gasteiger partial charge in [0, 0.05) is 6.42 Å². The van der Waals surface area contributed by atoms with Crippen molar-refractivity contribution < 1.29 is 19.4 Å². The van der Waals surface area contributed by atoms with Gasteiger partial charge >= 0.3 is 5.97 Å². The fraction of sp³-hybridized carbons (Fsp3) is 0.840. The van der Waals surface area contributed by atoms with Crippen LogP contribution in [0.4, 0.5) is 0 Å². The molecule has 0 saturated heterocycles. The van der Waals surface area contributed by atoms with Gasteiger partial charge in [0.1, 0.15) is 11.7 Å². The number of carbonyl (C=O) groups excluding carboxylic acids is 2. The fourth-order valence-corrected chi connectivity index (χ4v) is 3.54. The number of allylic oxidation sites excluding steroid dienone is 1. The predicted molar refractivity (Wildman–Crippen MR) is 121 cm³/mol. The second-order valence-corrected chi connectivity index (χ2v) is 8.20. The lowest BCUT2D eigenvalue weighted by Crippen LogP contribution is -2.25. The molecule has 0 bridgehead atoms. The summed E-state index contributed by atoms with van der Waals surface area (Å²) >= 11 is 0. The van der Waals surface area contributed by atoms with Gasteiger partial charge in [-0.25, -0.2) is 0 Å². The number of ether oxygens (including phenoxy) is 1. The van der Waals surface area contributed by atoms with Crippen LogP contribution in [0.1, 0.15) is 117 Å². The Hall–Kier alpha value is -1.16. The predicted octanol–water partition coefficient (Wildman–Crippen LogP) is 6.54. The number of aliphatic hydroxyl groups excluding tert-OH is 1. The maximum absolute atomic E-state index is 12.3. The Labute approximate surface area is 179 Å². The number of esters is 1. The van der Waals surface area contributed by atoms with Crippen molar-refractivity contribution in [1.82, 2.24) is 0 Å². The third kappa shape index (κ3) is 16.3. The molecule has 4 nitrogen and oxygen atoms in total. The highest BCUT2D eigenvalue weighted by Gasteiger charge is 2.26. The average Bonchev–Trinajstić information content (AvgIpc) is 2.72. The number of hydrogen-bond donors (Lipinski definition) is 1. The summed E-state index contributed by atoms with van der Waals surface area (Å²) in [6.45, 7) is 4.30. The molecule has 0 spiro atoms. The molecule has 0 aromatic rings. The van der Waals surface area contributed by atoms with Gasteiger partial charge in [0.2, 0.25) is 0 Å². The van der Waals surface area contributed by atoms with Gasteiger partial charge in [0.05, 0.1) is 13.2 Å². The van der Waals surface area contributed by atoms with Gasteiger partial charge in [-0.2, -0.15) is 0 Å². The lowest BCUT2D eigenvalue weighted by Gasteiger charge is -2.13. The number of aliphatic hydroxyl groups is 1. The standard InChI is InChI=1S/C25H46O4/c1-4-6-8-15-18-22(26)19-16-12-10-9-11-13-17-20-23(25(28)29-3)24(27)21-14-7-5-2/h12,16,22-23,26H,4-11,13-15,17-21H2,1-3H3/b16-12-/t22-,23?/m1/s1. The van der Waals surface area contributed by atoms with Crippen LogP contribution in [0.3, 0.4) is 0 Å². The van der Waals surface area contributed by atoms with Crippen molar-refractivity contribution in [2.45, 2.75) is 123 Å². The normalized spacial score (nSPS) is 13.5. The Morgan fingerprint density at radius 1 is 0.828 bits per heavy atom. The summed E-state index contributed by atoms with van der Waals surface area (Å²) in [5.74, 6) is -0.903. The topological polar surface area (TPSA) is 63.6 Å². The molecule has 0 rings (SSSR count). The van der Waals surface area contributed by atoms with E-state index in [0.29, 0.717) is 12.8 Å². The maximum Gasteiger partial charge on any atom is 0.316 e. The van der Waals surface area contributed by atoms with E-state index in [1.54, 1.807) is 0 Å². The summed E-state index contributed by atoms with van der Waals surface area (Å²) < 4.78 is 4.83. The minimum absolute atomic E-state index is 0.0430. The average molecular weight is 411 g/mol. The molecule has 0 fully saturated rings. The molecule has 0 heterocycles. The van der Waals surface area contributed by atoms with E-state index in [1.807, 2.05) is 0 Å². The number of carbonyl (C=O) groups is 2. The first-order valence-electron chi connectivity index (χ1n) is 12.0. The molecule has 0 aliphatic rings. The summed E-state index contributed by atoms with van der Waals surface area (Å²) in [5, 5.41) is 9.93. The van der Waals surface area contributed by atoms with E-state index >= 15 is 0 Å². The van der Waals surface area contributed by atoms with Crippen LogP contribution < -0.4 is 0 Å². The molecule has 1 N–H and O–H groups in total. The molecule has 0 aliphatic heterocycles. The smallest absolute Gasteiger partial charge is 0.316 e. The summed E-state index contributed by atoms with van der Waals surface area (Å²) in [4.78, 5) is 24.2. The van der Waals surface area contributed by atoms with Crippen LogP contribution in [-0.2, 0) is 14.3 Å². The van der Waals surface area contributed by atoms with Gasteiger partial charge in [-0.15, -0.1) is 0 Å². The monoisotopic (exact) mass is 410 g/mol. The van der Waals surface area contributed by atoms with E-state index in [9.17, 15) is 14.7 Å². The first-order chi connectivity index (χ1) is 14.1. The van der Waals surface area contributed by atoms with Crippen LogP contribution >= 0.6 is 0 Å². The summed E-state index contributed by atoms with van der Waals surface area (Å²) in [6, 6.07) is 0. The lowest BCUT2D eigenvalue weighted by atomic mass is 9.93. The molecule has 0 saturated carbocycles. The van der Waals surface area contributed by atoms with Crippen molar-refractivity contribution in [3.63, 3.8) is 0 Å². The molecule has 29 heavy (non-hydrogen) atoms. The number of hydrogen-bond acceptors (Lipinski definition) is 4. The van der Waals surface area contributed by atoms with Crippen LogP contribution in [0.15, 0.2) is 12.2 Å². The third-order valence-electron chi connectivity index (χ3n) is 5.48. The molecular formula is C25H46O4. The molecule has 0 aromatic heterocycles. The van der Waals surface area contributed by atoms with Crippen LogP contribution in [-0.4, -0.2) is 30.1 Å². The molecule has 0 aliphatic carbocycles. The molecular weight excluding hydrogens is 364 g/mol. The van der Waals surface area contributed by atoms with E-state index in [2.05, 4.69) is 26.0 Å². The van der Waals surface area contributed by atoms with Gasteiger partial charge in [-0.3, -0.25) is 9.59 Å². The van der Waals surface area contributed by atoms with Gasteiger partial charge in [-0.1, -0.05) is 83.8 Å². The molecule has 0 radical (unpaired) electrons. The van der Waals surface area contributed by atoms with Crippen LogP contribution in [0.5, 0.6) is 0 Å². The second kappa shape index (κ2) is 20.1. The van der Waals surface area contributed by atoms with E-state index in [1.165, 1.54) is 26.4 Å². The van der Waals surface area contributed by atoms with Crippen molar-refractivity contribution in [1.29, 1.82) is 0 Å². The van der Waals surface area contributed by atoms with Crippen molar-refractivity contribution in [2.75, 3.05) is 7.11 Å².